The molecular formula is C35H44N6O7. The molecule has 4 heterocycles. The smallest absolute Gasteiger partial charge is 0.332 e. The number of piperidine rings is 1. The maximum atomic E-state index is 12.6. The number of likely N-dealkylation sites (tertiary alicyclic amines) is 1. The van der Waals surface area contributed by atoms with Crippen LogP contribution < -0.4 is 26.0 Å². The summed E-state index contributed by atoms with van der Waals surface area (Å²) in [5.41, 5.74) is 3.48. The van der Waals surface area contributed by atoms with E-state index in [0.717, 1.165) is 47.4 Å². The third-order valence-corrected chi connectivity index (χ3v) is 10.6. The molecule has 2 aromatic heterocycles. The number of phenolic OH excluding ortho intramolecular Hbond substituents is 1. The lowest BCUT2D eigenvalue weighted by Crippen LogP contribution is -2.65. The third-order valence-electron chi connectivity index (χ3n) is 10.6. The van der Waals surface area contributed by atoms with Crippen LogP contribution in [0.4, 0.5) is 0 Å². The number of aliphatic hydroxyl groups excluding tert-OH is 1. The molecule has 1 saturated heterocycles. The minimum Gasteiger partial charge on any atom is -0.508 e. The summed E-state index contributed by atoms with van der Waals surface area (Å²) in [5.74, 6) is 2.64. The number of carbonyl (C=O) groups is 1. The molecule has 1 spiro atoms. The Morgan fingerprint density at radius 3 is 2.60 bits per heavy atom. The Kier molecular flexibility index (Phi) is 8.96. The van der Waals surface area contributed by atoms with Crippen molar-refractivity contribution < 1.29 is 24.5 Å². The van der Waals surface area contributed by atoms with Crippen LogP contribution in [0.1, 0.15) is 42.1 Å². The molecule has 2 aliphatic heterocycles. The summed E-state index contributed by atoms with van der Waals surface area (Å²) in [6.07, 6.45) is 4.44. The first-order valence-corrected chi connectivity index (χ1v) is 16.2. The molecule has 2 aliphatic carbocycles. The Hall–Kier alpha value is -4.46. The summed E-state index contributed by atoms with van der Waals surface area (Å²) in [4.78, 5) is 42.3. The molecule has 0 amide bonds. The van der Waals surface area contributed by atoms with Gasteiger partial charge >= 0.3 is 5.69 Å². The minimum atomic E-state index is -0.554. The largest absolute Gasteiger partial charge is 0.508 e. The topological polar surface area (TPSA) is 153 Å². The number of aliphatic hydroxyl groups is 1. The fourth-order valence-corrected chi connectivity index (χ4v) is 8.19. The number of hydrogen-bond acceptors (Lipinski definition) is 10. The molecule has 4 aromatic rings. The highest BCUT2D eigenvalue weighted by atomic mass is 16.5. The van der Waals surface area contributed by atoms with Crippen LogP contribution in [0.15, 0.2) is 52.3 Å². The number of rotatable bonds is 4. The Morgan fingerprint density at radius 1 is 1.12 bits per heavy atom. The van der Waals surface area contributed by atoms with Gasteiger partial charge in [0.1, 0.15) is 5.75 Å². The summed E-state index contributed by atoms with van der Waals surface area (Å²) in [5, 5.41) is 21.4. The summed E-state index contributed by atoms with van der Waals surface area (Å²) in [6, 6.07) is 11.4. The maximum absolute atomic E-state index is 12.6. The molecule has 48 heavy (non-hydrogen) atoms. The van der Waals surface area contributed by atoms with Crippen LogP contribution in [-0.2, 0) is 37.8 Å². The normalized spacial score (nSPS) is 24.1. The lowest BCUT2D eigenvalue weighted by Gasteiger charge is -2.57. The van der Waals surface area contributed by atoms with Crippen LogP contribution in [0.5, 0.6) is 17.2 Å². The van der Waals surface area contributed by atoms with Gasteiger partial charge in [-0.2, -0.15) is 0 Å². The first kappa shape index (κ1) is 33.4. The van der Waals surface area contributed by atoms with E-state index >= 15 is 0 Å². The van der Waals surface area contributed by atoms with Gasteiger partial charge in [0, 0.05) is 51.1 Å². The summed E-state index contributed by atoms with van der Waals surface area (Å²) in [6.45, 7) is 1.54. The van der Waals surface area contributed by atoms with Crippen LogP contribution in [0, 0.1) is 5.92 Å². The van der Waals surface area contributed by atoms with Gasteiger partial charge in [-0.3, -0.25) is 18.7 Å². The molecule has 256 valence electrons. The Labute approximate surface area is 278 Å². The number of methoxy groups -OCH3 is 1. The number of imidazole rings is 1. The standard InChI is InChI=1S/C18H21NO3.C9H13NO2.C8H10N4O2/c1-19-8-7-18-11-4-5-13(20)17(18)22-16-14(21-2)6-3-10(15(16)18)9-12(11)19;1-10-6-9(12)7-3-2-4-8(11)5-7;1-10-4-9-6-5(10)7(13)12(3)8(14)11(6)2/h3,6,11-12,17H,4-5,7-9H2,1-2H3;2-5,9-12H,6H2,1H3;4H,1-3H3/t11-,12+,17-,18-;9-;/m00./s1. The number of phenols is 1. The van der Waals surface area contributed by atoms with Crippen LogP contribution in [0.2, 0.25) is 0 Å². The number of hydrogen-bond donors (Lipinski definition) is 3. The van der Waals surface area contributed by atoms with Crippen molar-refractivity contribution in [1.82, 2.24) is 28.9 Å². The van der Waals surface area contributed by atoms with Crippen molar-refractivity contribution in [2.45, 2.75) is 49.3 Å². The van der Waals surface area contributed by atoms with E-state index in [-0.39, 0.29) is 34.3 Å². The van der Waals surface area contributed by atoms with Crippen molar-refractivity contribution in [2.24, 2.45) is 27.1 Å². The van der Waals surface area contributed by atoms with E-state index < -0.39 is 6.10 Å². The molecule has 3 N–H and O–H groups in total. The van der Waals surface area contributed by atoms with E-state index in [1.165, 1.54) is 29.1 Å². The molecule has 1 saturated carbocycles. The first-order chi connectivity index (χ1) is 22.9. The zero-order chi connectivity index (χ0) is 34.5. The van der Waals surface area contributed by atoms with Crippen LogP contribution in [0.25, 0.3) is 11.2 Å². The molecule has 0 unspecified atom stereocenters. The second-order valence-corrected chi connectivity index (χ2v) is 13.2. The molecule has 2 fully saturated rings. The highest BCUT2D eigenvalue weighted by molar-refractivity contribution is 5.89. The quantitative estimate of drug-likeness (QED) is 0.294. The van der Waals surface area contributed by atoms with Crippen LogP contribution >= 0.6 is 0 Å². The van der Waals surface area contributed by atoms with Gasteiger partial charge in [0.2, 0.25) is 0 Å². The average molecular weight is 661 g/mol. The summed E-state index contributed by atoms with van der Waals surface area (Å²) < 4.78 is 15.8. The van der Waals surface area contributed by atoms with Gasteiger partial charge in [-0.25, -0.2) is 9.78 Å². The first-order valence-electron chi connectivity index (χ1n) is 16.2. The van der Waals surface area contributed by atoms with Crippen molar-refractivity contribution >= 4 is 16.9 Å². The van der Waals surface area contributed by atoms with Crippen molar-refractivity contribution in [2.75, 3.05) is 34.3 Å². The number of aryl methyl sites for hydroxylation is 2. The lowest BCUT2D eigenvalue weighted by atomic mass is 9.52. The van der Waals surface area contributed by atoms with Gasteiger partial charge in [-0.1, -0.05) is 18.2 Å². The van der Waals surface area contributed by atoms with Gasteiger partial charge in [0.15, 0.2) is 34.6 Å². The molecule has 4 aliphatic rings. The molecular weight excluding hydrogens is 616 g/mol. The third kappa shape index (κ3) is 5.30. The molecule has 5 atom stereocenters. The molecule has 13 heteroatoms. The number of ether oxygens (including phenoxy) is 2. The molecule has 13 nitrogen and oxygen atoms in total. The van der Waals surface area contributed by atoms with Crippen LogP contribution in [0.3, 0.4) is 0 Å². The Morgan fingerprint density at radius 2 is 1.90 bits per heavy atom. The number of fused-ring (bicyclic) bond motifs is 1. The van der Waals surface area contributed by atoms with E-state index in [1.807, 2.05) is 6.07 Å². The SMILES string of the molecule is CNC[C@H](O)c1cccc(O)c1.COc1ccc2c3c1O[C@H]1C(=O)CC[C@H]4[C@@H](C2)N(C)CC[C@]314.Cn1c(=O)c2c(ncn2C)n(C)c1=O. The second kappa shape index (κ2) is 12.9. The maximum Gasteiger partial charge on any atom is 0.332 e. The number of nitrogens with one attached hydrogen (secondary N) is 1. The predicted octanol–water partition coefficient (Wildman–Crippen LogP) is 1.55. The predicted molar refractivity (Wildman–Crippen MR) is 180 cm³/mol. The van der Waals surface area contributed by atoms with Gasteiger partial charge in [-0.05, 0) is 75.1 Å². The Balaban J connectivity index is 0.000000134. The van der Waals surface area contributed by atoms with E-state index in [0.29, 0.717) is 36.1 Å². The van der Waals surface area contributed by atoms with Crippen molar-refractivity contribution in [3.05, 3.63) is 80.3 Å². The van der Waals surface area contributed by atoms with E-state index in [2.05, 4.69) is 28.3 Å². The highest BCUT2D eigenvalue weighted by Crippen LogP contribution is 2.63. The van der Waals surface area contributed by atoms with E-state index in [1.54, 1.807) is 57.1 Å². The minimum absolute atomic E-state index is 0.0933. The van der Waals surface area contributed by atoms with E-state index in [4.69, 9.17) is 14.6 Å². The number of aromatic hydroxyl groups is 1. The van der Waals surface area contributed by atoms with Gasteiger partial charge in [0.25, 0.3) is 5.56 Å². The molecule has 2 bridgehead atoms. The van der Waals surface area contributed by atoms with Crippen molar-refractivity contribution in [1.29, 1.82) is 0 Å². The zero-order valence-electron chi connectivity index (χ0n) is 28.3. The molecule has 2 aromatic carbocycles. The fraction of sp³-hybridized carbons (Fsp3) is 0.486. The lowest BCUT2D eigenvalue weighted by molar-refractivity contribution is -0.138. The van der Waals surface area contributed by atoms with Gasteiger partial charge < -0.3 is 34.5 Å². The number of nitrogens with zero attached hydrogens (tertiary/aromatic N) is 5. The van der Waals surface area contributed by atoms with Gasteiger partial charge in [-0.15, -0.1) is 0 Å². The fourth-order valence-electron chi connectivity index (χ4n) is 8.19. The highest BCUT2D eigenvalue weighted by Gasteiger charge is 2.65. The summed E-state index contributed by atoms with van der Waals surface area (Å²) >= 11 is 0. The van der Waals surface area contributed by atoms with Gasteiger partial charge in [0.05, 0.1) is 19.5 Å². The van der Waals surface area contributed by atoms with E-state index in [9.17, 15) is 19.5 Å². The number of carbonyl (C=O) groups excluding carboxylic acids is 1. The molecule has 8 rings (SSSR count). The number of benzene rings is 2. The molecule has 0 radical (unpaired) electrons. The second-order valence-electron chi connectivity index (χ2n) is 13.2. The number of ketones is 1. The number of aromatic nitrogens is 4. The van der Waals surface area contributed by atoms with Crippen LogP contribution in [-0.4, -0.2) is 86.0 Å². The number of Topliss-reactive ketones (excluding diaryl/α,β-unsaturated/α-hetero) is 1. The summed E-state index contributed by atoms with van der Waals surface area (Å²) in [7, 11) is 10.5. The van der Waals surface area contributed by atoms with Crippen molar-refractivity contribution in [3.63, 3.8) is 0 Å². The zero-order valence-corrected chi connectivity index (χ0v) is 28.3. The Bertz CT molecular complexity index is 1980. The van der Waals surface area contributed by atoms with Crippen molar-refractivity contribution in [3.8, 4) is 17.2 Å². The monoisotopic (exact) mass is 660 g/mol. The average Bonchev–Trinajstić information content (AvgIpc) is 3.64. The number of likely N-dealkylation sites (N-methyl/N-ethyl adjacent to an activating group) is 2.